The summed E-state index contributed by atoms with van der Waals surface area (Å²) in [5.74, 6) is 0.438. The predicted molar refractivity (Wildman–Crippen MR) is 118 cm³/mol. The quantitative estimate of drug-likeness (QED) is 0.542. The first-order valence-electron chi connectivity index (χ1n) is 10.2. The van der Waals surface area contributed by atoms with Crippen LogP contribution in [0.1, 0.15) is 22.8 Å². The highest BCUT2D eigenvalue weighted by Crippen LogP contribution is 2.25. The van der Waals surface area contributed by atoms with Gasteiger partial charge >= 0.3 is 0 Å². The molecule has 1 fully saturated rings. The number of carbonyl (C=O) groups is 1. The summed E-state index contributed by atoms with van der Waals surface area (Å²) in [5.41, 5.74) is 3.86. The number of aryl methyl sites for hydroxylation is 1. The second kappa shape index (κ2) is 9.16. The normalized spacial score (nSPS) is 14.1. The van der Waals surface area contributed by atoms with Gasteiger partial charge in [0.15, 0.2) is 0 Å². The van der Waals surface area contributed by atoms with Gasteiger partial charge in [0, 0.05) is 37.1 Å². The number of hydrogen-bond acceptors (Lipinski definition) is 5. The summed E-state index contributed by atoms with van der Waals surface area (Å²) < 4.78 is 21.8. The van der Waals surface area contributed by atoms with Gasteiger partial charge in [0.25, 0.3) is 0 Å². The molecule has 0 atom stereocenters. The van der Waals surface area contributed by atoms with Crippen LogP contribution in [0.5, 0.6) is 0 Å². The zero-order valence-electron chi connectivity index (χ0n) is 17.6. The highest BCUT2D eigenvalue weighted by molar-refractivity contribution is 6.29. The van der Waals surface area contributed by atoms with Gasteiger partial charge in [-0.2, -0.15) is 0 Å². The van der Waals surface area contributed by atoms with Crippen LogP contribution < -0.4 is 4.90 Å². The van der Waals surface area contributed by atoms with Crippen molar-refractivity contribution in [1.82, 2.24) is 14.5 Å². The molecular formula is C23H24ClFN4O2. The lowest BCUT2D eigenvalue weighted by Gasteiger charge is -2.29. The van der Waals surface area contributed by atoms with Crippen LogP contribution in [0.4, 0.5) is 10.1 Å². The molecule has 3 heterocycles. The van der Waals surface area contributed by atoms with Gasteiger partial charge in [-0.05, 0) is 49.7 Å². The predicted octanol–water partition coefficient (Wildman–Crippen LogP) is 3.87. The number of halogens is 2. The zero-order valence-corrected chi connectivity index (χ0v) is 18.3. The van der Waals surface area contributed by atoms with Gasteiger partial charge < -0.3 is 14.2 Å². The molecule has 31 heavy (non-hydrogen) atoms. The van der Waals surface area contributed by atoms with Crippen LogP contribution in [-0.4, -0.2) is 46.6 Å². The van der Waals surface area contributed by atoms with Gasteiger partial charge in [0.1, 0.15) is 22.6 Å². The lowest BCUT2D eigenvalue weighted by Crippen LogP contribution is -2.36. The highest BCUT2D eigenvalue weighted by Gasteiger charge is 2.18. The molecule has 2 aromatic heterocycles. The molecule has 0 bridgehead atoms. The molecule has 0 radical (unpaired) electrons. The van der Waals surface area contributed by atoms with Crippen LogP contribution in [0.3, 0.4) is 0 Å². The molecule has 0 aliphatic carbocycles. The van der Waals surface area contributed by atoms with E-state index in [2.05, 4.69) is 14.9 Å². The number of Topliss-reactive ketones (excluding diaryl/α,β-unsaturated/α-hetero) is 1. The average molecular weight is 443 g/mol. The first kappa shape index (κ1) is 21.5. The third-order valence-corrected chi connectivity index (χ3v) is 5.64. The summed E-state index contributed by atoms with van der Waals surface area (Å²) in [6, 6.07) is 8.47. The molecule has 1 aliphatic heterocycles. The Kier molecular flexibility index (Phi) is 6.34. The number of nitrogens with zero attached hydrogens (tertiary/aromatic N) is 4. The smallest absolute Gasteiger partial charge is 0.143 e. The van der Waals surface area contributed by atoms with Gasteiger partial charge in [-0.1, -0.05) is 11.6 Å². The molecule has 1 aliphatic rings. The summed E-state index contributed by atoms with van der Waals surface area (Å²) in [5, 5.41) is 0.365. The van der Waals surface area contributed by atoms with Gasteiger partial charge in [-0.3, -0.25) is 4.79 Å². The van der Waals surface area contributed by atoms with E-state index >= 15 is 0 Å². The molecule has 162 valence electrons. The lowest BCUT2D eigenvalue weighted by molar-refractivity contribution is -0.117. The summed E-state index contributed by atoms with van der Waals surface area (Å²) in [6.07, 6.45) is 2.05. The molecule has 0 amide bonds. The number of carbonyl (C=O) groups excluding carboxylic acids is 1. The number of aromatic nitrogens is 3. The second-order valence-electron chi connectivity index (χ2n) is 7.67. The molecular weight excluding hydrogens is 419 g/mol. The Morgan fingerprint density at radius 2 is 1.87 bits per heavy atom. The summed E-state index contributed by atoms with van der Waals surface area (Å²) >= 11 is 5.91. The maximum atomic E-state index is 14.5. The van der Waals surface area contributed by atoms with Crippen molar-refractivity contribution in [2.24, 2.45) is 0 Å². The van der Waals surface area contributed by atoms with Crippen molar-refractivity contribution in [2.45, 2.75) is 26.7 Å². The average Bonchev–Trinajstić information content (AvgIpc) is 3.01. The Labute approximate surface area is 185 Å². The largest absolute Gasteiger partial charge is 0.378 e. The number of benzene rings is 1. The molecule has 1 aromatic carbocycles. The molecule has 0 saturated carbocycles. The maximum absolute atomic E-state index is 14.5. The first-order chi connectivity index (χ1) is 14.9. The van der Waals surface area contributed by atoms with Crippen molar-refractivity contribution in [3.05, 3.63) is 70.3 Å². The van der Waals surface area contributed by atoms with E-state index in [9.17, 15) is 9.18 Å². The molecule has 8 heteroatoms. The summed E-state index contributed by atoms with van der Waals surface area (Å²) in [6.45, 7) is 6.48. The minimum Gasteiger partial charge on any atom is -0.378 e. The number of imidazole rings is 1. The fraction of sp³-hybridized carbons (Fsp3) is 0.348. The van der Waals surface area contributed by atoms with Crippen molar-refractivity contribution < 1.29 is 13.9 Å². The first-order valence-corrected chi connectivity index (χ1v) is 10.6. The minimum atomic E-state index is -0.307. The SMILES string of the molecule is Cc1nc(CC(=O)Cc2ccnc(Cl)c2)c(C)n1-c1cc(F)cc(N2CCOCC2)c1. The fourth-order valence-electron chi connectivity index (χ4n) is 3.97. The number of anilines is 1. The van der Waals surface area contributed by atoms with E-state index in [1.54, 1.807) is 24.4 Å². The number of ketones is 1. The van der Waals surface area contributed by atoms with Gasteiger partial charge in [0.05, 0.1) is 31.0 Å². The van der Waals surface area contributed by atoms with Crippen molar-refractivity contribution in [3.63, 3.8) is 0 Å². The Morgan fingerprint density at radius 1 is 1.13 bits per heavy atom. The third kappa shape index (κ3) is 4.94. The molecule has 0 spiro atoms. The van der Waals surface area contributed by atoms with E-state index in [0.717, 1.165) is 30.0 Å². The number of ether oxygens (including phenoxy) is 1. The van der Waals surface area contributed by atoms with E-state index in [4.69, 9.17) is 16.3 Å². The number of morpholine rings is 1. The molecule has 0 N–H and O–H groups in total. The Morgan fingerprint density at radius 3 is 2.61 bits per heavy atom. The monoisotopic (exact) mass is 442 g/mol. The number of hydrogen-bond donors (Lipinski definition) is 0. The van der Waals surface area contributed by atoms with Crippen molar-refractivity contribution in [3.8, 4) is 5.69 Å². The Balaban J connectivity index is 1.58. The van der Waals surface area contributed by atoms with E-state index in [0.29, 0.717) is 35.6 Å². The lowest BCUT2D eigenvalue weighted by atomic mass is 10.1. The van der Waals surface area contributed by atoms with Gasteiger partial charge in [0.2, 0.25) is 0 Å². The zero-order chi connectivity index (χ0) is 22.0. The van der Waals surface area contributed by atoms with Crippen LogP contribution in [0.15, 0.2) is 36.5 Å². The summed E-state index contributed by atoms with van der Waals surface area (Å²) in [4.78, 5) is 23.3. The topological polar surface area (TPSA) is 60.2 Å². The van der Waals surface area contributed by atoms with E-state index in [1.807, 2.05) is 24.5 Å². The maximum Gasteiger partial charge on any atom is 0.143 e. The van der Waals surface area contributed by atoms with Crippen LogP contribution >= 0.6 is 11.6 Å². The molecule has 3 aromatic rings. The van der Waals surface area contributed by atoms with Crippen LogP contribution in [0.2, 0.25) is 5.15 Å². The second-order valence-corrected chi connectivity index (χ2v) is 8.06. The Hall–Kier alpha value is -2.77. The number of pyridine rings is 1. The minimum absolute atomic E-state index is 0.0308. The van der Waals surface area contributed by atoms with Crippen molar-refractivity contribution in [2.75, 3.05) is 31.2 Å². The molecule has 0 unspecified atom stereocenters. The fourth-order valence-corrected chi connectivity index (χ4v) is 4.16. The van der Waals surface area contributed by atoms with E-state index in [1.165, 1.54) is 6.07 Å². The highest BCUT2D eigenvalue weighted by atomic mass is 35.5. The third-order valence-electron chi connectivity index (χ3n) is 5.43. The van der Waals surface area contributed by atoms with Gasteiger partial charge in [-0.15, -0.1) is 0 Å². The van der Waals surface area contributed by atoms with E-state index in [-0.39, 0.29) is 24.4 Å². The molecule has 1 saturated heterocycles. The van der Waals surface area contributed by atoms with Crippen LogP contribution in [0, 0.1) is 19.7 Å². The molecule has 4 rings (SSSR count). The van der Waals surface area contributed by atoms with Crippen molar-refractivity contribution >= 4 is 23.1 Å². The summed E-state index contributed by atoms with van der Waals surface area (Å²) in [7, 11) is 0. The Bertz CT molecular complexity index is 1110. The van der Waals surface area contributed by atoms with Crippen LogP contribution in [-0.2, 0) is 22.4 Å². The van der Waals surface area contributed by atoms with Crippen molar-refractivity contribution in [1.29, 1.82) is 0 Å². The number of rotatable bonds is 6. The standard InChI is InChI=1S/C23H24ClFN4O2/c1-15-22(14-21(30)9-17-3-4-26-23(24)10-17)27-16(2)29(15)20-12-18(25)11-19(13-20)28-5-7-31-8-6-28/h3-4,10-13H,5-9,14H2,1-2H3. The van der Waals surface area contributed by atoms with Crippen LogP contribution in [0.25, 0.3) is 5.69 Å². The van der Waals surface area contributed by atoms with E-state index < -0.39 is 0 Å². The molecule has 6 nitrogen and oxygen atoms in total. The van der Waals surface area contributed by atoms with Gasteiger partial charge in [-0.25, -0.2) is 14.4 Å².